The molecule has 0 bridgehead atoms. The number of hydrogen-bond donors (Lipinski definition) is 0. The van der Waals surface area contributed by atoms with Gasteiger partial charge in [0.05, 0.1) is 0 Å². The summed E-state index contributed by atoms with van der Waals surface area (Å²) in [5, 5.41) is 12.5. The van der Waals surface area contributed by atoms with Crippen LogP contribution in [0.4, 0.5) is 0 Å². The summed E-state index contributed by atoms with van der Waals surface area (Å²) in [4.78, 5) is 0. The Labute approximate surface area is 92.7 Å². The molecule has 0 aliphatic carbocycles. The van der Waals surface area contributed by atoms with Crippen molar-refractivity contribution in [1.29, 1.82) is 0 Å². The molecule has 0 radical (unpaired) electrons. The molecule has 2 rings (SSSR count). The number of nitrogens with zero attached hydrogens (tertiary/aromatic N) is 5. The number of aromatic nitrogens is 5. The molecule has 0 aliphatic heterocycles. The molecule has 5 nitrogen and oxygen atoms in total. The number of aryl methyl sites for hydroxylation is 3. The van der Waals surface area contributed by atoms with Crippen molar-refractivity contribution in [2.75, 3.05) is 0 Å². The Balaban J connectivity index is 2.57. The number of rotatable bonds is 2. The first kappa shape index (κ1) is 10.2. The maximum Gasteiger partial charge on any atom is 0.230 e. The van der Waals surface area contributed by atoms with E-state index in [9.17, 15) is 0 Å². The maximum absolute atomic E-state index is 5.96. The first-order valence-electron chi connectivity index (χ1n) is 4.74. The molecule has 0 amide bonds. The van der Waals surface area contributed by atoms with Gasteiger partial charge in [-0.1, -0.05) is 6.92 Å². The molecule has 6 heteroatoms. The molecule has 0 fully saturated rings. The lowest BCUT2D eigenvalue weighted by Gasteiger charge is -2.00. The summed E-state index contributed by atoms with van der Waals surface area (Å²) in [6.07, 6.45) is 0.773. The molecular formula is C9H12ClN5. The molecule has 0 saturated carbocycles. The SMILES string of the molecule is CCc1nnc(Cl)n1-c1cc(C)n(C)n1. The number of halogens is 1. The largest absolute Gasteiger partial charge is 0.271 e. The van der Waals surface area contributed by atoms with Gasteiger partial charge in [0.15, 0.2) is 5.82 Å². The molecule has 0 spiro atoms. The van der Waals surface area contributed by atoms with Crippen molar-refractivity contribution < 1.29 is 0 Å². The summed E-state index contributed by atoms with van der Waals surface area (Å²) in [6, 6.07) is 1.95. The van der Waals surface area contributed by atoms with Gasteiger partial charge in [-0.3, -0.25) is 9.25 Å². The van der Waals surface area contributed by atoms with Crippen molar-refractivity contribution in [2.45, 2.75) is 20.3 Å². The Morgan fingerprint density at radius 1 is 1.40 bits per heavy atom. The van der Waals surface area contributed by atoms with Crippen LogP contribution in [0.3, 0.4) is 0 Å². The summed E-state index contributed by atoms with van der Waals surface area (Å²) in [5.74, 6) is 1.58. The summed E-state index contributed by atoms with van der Waals surface area (Å²) in [6.45, 7) is 3.99. The second-order valence-electron chi connectivity index (χ2n) is 3.34. The van der Waals surface area contributed by atoms with Crippen LogP contribution < -0.4 is 0 Å². The third-order valence-corrected chi connectivity index (χ3v) is 2.58. The molecule has 2 aromatic rings. The van der Waals surface area contributed by atoms with Crippen molar-refractivity contribution >= 4 is 11.6 Å². The molecule has 2 heterocycles. The molecular weight excluding hydrogens is 214 g/mol. The van der Waals surface area contributed by atoms with E-state index in [1.807, 2.05) is 27.0 Å². The van der Waals surface area contributed by atoms with Crippen molar-refractivity contribution in [1.82, 2.24) is 24.5 Å². The fraction of sp³-hybridized carbons (Fsp3) is 0.444. The van der Waals surface area contributed by atoms with Crippen LogP contribution in [0.15, 0.2) is 6.07 Å². The lowest BCUT2D eigenvalue weighted by atomic mass is 10.4. The van der Waals surface area contributed by atoms with E-state index in [0.29, 0.717) is 5.28 Å². The van der Waals surface area contributed by atoms with Crippen molar-refractivity contribution in [2.24, 2.45) is 7.05 Å². The van der Waals surface area contributed by atoms with Gasteiger partial charge in [0.2, 0.25) is 5.28 Å². The molecule has 0 aliphatic rings. The highest BCUT2D eigenvalue weighted by atomic mass is 35.5. The molecule has 0 atom stereocenters. The first-order chi connectivity index (χ1) is 7.13. The quantitative estimate of drug-likeness (QED) is 0.779. The standard InChI is InChI=1S/C9H12ClN5/c1-4-7-11-12-9(10)15(7)8-5-6(2)14(3)13-8/h5H,4H2,1-3H3. The predicted molar refractivity (Wildman–Crippen MR) is 57.3 cm³/mol. The van der Waals surface area contributed by atoms with Gasteiger partial charge in [-0.05, 0) is 18.5 Å². The van der Waals surface area contributed by atoms with Crippen LogP contribution in [-0.2, 0) is 13.5 Å². The summed E-state index contributed by atoms with van der Waals surface area (Å²) in [7, 11) is 1.89. The van der Waals surface area contributed by atoms with Gasteiger partial charge >= 0.3 is 0 Å². The van der Waals surface area contributed by atoms with E-state index in [0.717, 1.165) is 23.8 Å². The minimum Gasteiger partial charge on any atom is -0.271 e. The zero-order valence-electron chi connectivity index (χ0n) is 8.90. The van der Waals surface area contributed by atoms with Crippen molar-refractivity contribution in [3.05, 3.63) is 22.9 Å². The Kier molecular flexibility index (Phi) is 2.48. The third-order valence-electron chi connectivity index (χ3n) is 2.34. The second-order valence-corrected chi connectivity index (χ2v) is 3.68. The first-order valence-corrected chi connectivity index (χ1v) is 5.12. The van der Waals surface area contributed by atoms with Crippen LogP contribution in [-0.4, -0.2) is 24.5 Å². The Morgan fingerprint density at radius 2 is 2.13 bits per heavy atom. The predicted octanol–water partition coefficient (Wildman–Crippen LogP) is 1.53. The van der Waals surface area contributed by atoms with Crippen molar-refractivity contribution in [3.8, 4) is 5.82 Å². The van der Waals surface area contributed by atoms with Crippen LogP contribution in [0.2, 0.25) is 5.28 Å². The highest BCUT2D eigenvalue weighted by molar-refractivity contribution is 6.28. The fourth-order valence-electron chi connectivity index (χ4n) is 1.40. The van der Waals surface area contributed by atoms with Gasteiger partial charge in [-0.15, -0.1) is 10.2 Å². The molecule has 2 aromatic heterocycles. The monoisotopic (exact) mass is 225 g/mol. The maximum atomic E-state index is 5.96. The van der Waals surface area contributed by atoms with E-state index in [2.05, 4.69) is 15.3 Å². The van der Waals surface area contributed by atoms with E-state index in [4.69, 9.17) is 11.6 Å². The number of hydrogen-bond acceptors (Lipinski definition) is 3. The zero-order valence-corrected chi connectivity index (χ0v) is 9.65. The highest BCUT2D eigenvalue weighted by Crippen LogP contribution is 2.16. The molecule has 0 N–H and O–H groups in total. The van der Waals surface area contributed by atoms with E-state index in [1.165, 1.54) is 0 Å². The van der Waals surface area contributed by atoms with Gasteiger partial charge < -0.3 is 0 Å². The fourth-order valence-corrected chi connectivity index (χ4v) is 1.62. The van der Waals surface area contributed by atoms with Gasteiger partial charge in [0, 0.05) is 25.2 Å². The second kappa shape index (κ2) is 3.66. The van der Waals surface area contributed by atoms with Crippen LogP contribution in [0.1, 0.15) is 18.4 Å². The molecule has 0 aromatic carbocycles. The zero-order chi connectivity index (χ0) is 11.0. The van der Waals surface area contributed by atoms with Gasteiger partial charge in [-0.2, -0.15) is 5.10 Å². The summed E-state index contributed by atoms with van der Waals surface area (Å²) in [5.41, 5.74) is 1.07. The topological polar surface area (TPSA) is 48.5 Å². The van der Waals surface area contributed by atoms with E-state index < -0.39 is 0 Å². The van der Waals surface area contributed by atoms with E-state index in [-0.39, 0.29) is 0 Å². The normalized spacial score (nSPS) is 10.9. The molecule has 0 saturated heterocycles. The van der Waals surface area contributed by atoms with Gasteiger partial charge in [0.25, 0.3) is 0 Å². The highest BCUT2D eigenvalue weighted by Gasteiger charge is 2.13. The van der Waals surface area contributed by atoms with Crippen molar-refractivity contribution in [3.63, 3.8) is 0 Å². The molecule has 15 heavy (non-hydrogen) atoms. The molecule has 0 unspecified atom stereocenters. The van der Waals surface area contributed by atoms with Gasteiger partial charge in [0.1, 0.15) is 5.82 Å². The lowest BCUT2D eigenvalue weighted by molar-refractivity contribution is 0.721. The smallest absolute Gasteiger partial charge is 0.230 e. The Morgan fingerprint density at radius 3 is 2.67 bits per heavy atom. The minimum atomic E-state index is 0.352. The van der Waals surface area contributed by atoms with Crippen LogP contribution >= 0.6 is 11.6 Å². The third kappa shape index (κ3) is 1.63. The minimum absolute atomic E-state index is 0.352. The van der Waals surface area contributed by atoms with Crippen LogP contribution in [0.5, 0.6) is 0 Å². The summed E-state index contributed by atoms with van der Waals surface area (Å²) >= 11 is 5.96. The van der Waals surface area contributed by atoms with Crippen LogP contribution in [0, 0.1) is 6.92 Å². The molecule has 80 valence electrons. The average Bonchev–Trinajstić information content (AvgIpc) is 2.71. The van der Waals surface area contributed by atoms with E-state index >= 15 is 0 Å². The van der Waals surface area contributed by atoms with Crippen LogP contribution in [0.25, 0.3) is 5.82 Å². The average molecular weight is 226 g/mol. The van der Waals surface area contributed by atoms with Gasteiger partial charge in [-0.25, -0.2) is 0 Å². The van der Waals surface area contributed by atoms with E-state index in [1.54, 1.807) is 9.25 Å². The lowest BCUT2D eigenvalue weighted by Crippen LogP contribution is -2.02. The Hall–Kier alpha value is -1.36. The Bertz CT molecular complexity index is 465. The summed E-state index contributed by atoms with van der Waals surface area (Å²) < 4.78 is 3.56.